The van der Waals surface area contributed by atoms with Gasteiger partial charge in [-0.25, -0.2) is 9.78 Å². The van der Waals surface area contributed by atoms with Crippen LogP contribution >= 0.6 is 11.6 Å². The fourth-order valence-electron chi connectivity index (χ4n) is 5.21. The topological polar surface area (TPSA) is 139 Å². The lowest BCUT2D eigenvalue weighted by Gasteiger charge is -2.37. The van der Waals surface area contributed by atoms with Crippen molar-refractivity contribution in [2.24, 2.45) is 12.8 Å². The average Bonchev–Trinajstić information content (AvgIpc) is 2.92. The summed E-state index contributed by atoms with van der Waals surface area (Å²) in [6.45, 7) is 1.98. The molecule has 0 spiro atoms. The maximum Gasteiger partial charge on any atom is 0.330 e. The highest BCUT2D eigenvalue weighted by Gasteiger charge is 2.36. The molecule has 5 rings (SSSR count). The number of aromatic hydroxyl groups is 1. The number of methoxy groups -OCH3 is 1. The second-order valence-corrected chi connectivity index (χ2v) is 10.4. The van der Waals surface area contributed by atoms with Gasteiger partial charge in [-0.3, -0.25) is 14.6 Å². The van der Waals surface area contributed by atoms with Crippen LogP contribution in [0.25, 0.3) is 0 Å². The standard InChI is InChI=1S/C27H32ClN7O4/c1-15-21(39-3)11-20(36)23(28)24(15)34-14-17-12-30-26(31-19-7-5-4-6-18(19)29)32-25(17)35(27(34)38)13-16-8-9-33(2)22(37)10-16/h8-12,18-19,36H,4-7,13-14,29H2,1-3H3,(H,30,31,32). The number of nitrogens with two attached hydrogens (primary N) is 1. The third-order valence-corrected chi connectivity index (χ3v) is 7.82. The van der Waals surface area contributed by atoms with Crippen molar-refractivity contribution in [3.8, 4) is 11.5 Å². The van der Waals surface area contributed by atoms with Gasteiger partial charge in [-0.05, 0) is 31.4 Å². The number of aryl methyl sites for hydroxylation is 1. The molecule has 11 nitrogen and oxygen atoms in total. The number of halogens is 1. The Balaban J connectivity index is 1.58. The number of nitrogens with one attached hydrogen (secondary N) is 1. The number of phenolic OH excluding ortho intramolecular Hbond substituents is 1. The number of benzene rings is 1. The van der Waals surface area contributed by atoms with Gasteiger partial charge >= 0.3 is 6.03 Å². The smallest absolute Gasteiger partial charge is 0.330 e. The number of nitrogens with zero attached hydrogens (tertiary/aromatic N) is 5. The van der Waals surface area contributed by atoms with Crippen molar-refractivity contribution in [1.29, 1.82) is 0 Å². The summed E-state index contributed by atoms with van der Waals surface area (Å²) in [6.07, 6.45) is 7.36. The van der Waals surface area contributed by atoms with Crippen molar-refractivity contribution in [2.75, 3.05) is 22.2 Å². The molecule has 1 aromatic carbocycles. The largest absolute Gasteiger partial charge is 0.506 e. The molecule has 1 aliphatic carbocycles. The van der Waals surface area contributed by atoms with Gasteiger partial charge in [0.25, 0.3) is 5.56 Å². The maximum absolute atomic E-state index is 14.1. The van der Waals surface area contributed by atoms with E-state index in [9.17, 15) is 14.7 Å². The summed E-state index contributed by atoms with van der Waals surface area (Å²) in [4.78, 5) is 38.7. The minimum Gasteiger partial charge on any atom is -0.506 e. The van der Waals surface area contributed by atoms with Crippen LogP contribution in [-0.4, -0.2) is 44.9 Å². The minimum atomic E-state index is -0.417. The molecule has 1 fully saturated rings. The van der Waals surface area contributed by atoms with Crippen LogP contribution in [0.1, 0.15) is 42.4 Å². The van der Waals surface area contributed by atoms with Gasteiger partial charge in [0.05, 0.1) is 25.9 Å². The summed E-state index contributed by atoms with van der Waals surface area (Å²) in [5, 5.41) is 13.9. The van der Waals surface area contributed by atoms with Gasteiger partial charge < -0.3 is 25.5 Å². The second kappa shape index (κ2) is 10.7. The van der Waals surface area contributed by atoms with Gasteiger partial charge in [0, 0.05) is 54.8 Å². The van der Waals surface area contributed by atoms with Crippen molar-refractivity contribution < 1.29 is 14.6 Å². The lowest BCUT2D eigenvalue weighted by Crippen LogP contribution is -2.48. The number of aromatic nitrogens is 3. The van der Waals surface area contributed by atoms with E-state index >= 15 is 0 Å². The molecule has 2 atom stereocenters. The Morgan fingerprint density at radius 3 is 2.74 bits per heavy atom. The highest BCUT2D eigenvalue weighted by molar-refractivity contribution is 6.35. The van der Waals surface area contributed by atoms with Crippen LogP contribution in [0, 0.1) is 6.92 Å². The van der Waals surface area contributed by atoms with Crippen molar-refractivity contribution in [3.63, 3.8) is 0 Å². The molecule has 2 unspecified atom stereocenters. The molecule has 0 radical (unpaired) electrons. The molecule has 3 aromatic rings. The van der Waals surface area contributed by atoms with Gasteiger partial charge in [-0.2, -0.15) is 4.98 Å². The van der Waals surface area contributed by atoms with Crippen LogP contribution in [0.3, 0.4) is 0 Å². The Morgan fingerprint density at radius 2 is 2.03 bits per heavy atom. The fraction of sp³-hybridized carbons (Fsp3) is 0.407. The normalized spacial score (nSPS) is 19.2. The first-order chi connectivity index (χ1) is 18.7. The van der Waals surface area contributed by atoms with Crippen LogP contribution in [0.15, 0.2) is 35.4 Å². The van der Waals surface area contributed by atoms with Gasteiger partial charge in [-0.15, -0.1) is 0 Å². The van der Waals surface area contributed by atoms with Crippen LogP contribution in [0.2, 0.25) is 5.02 Å². The minimum absolute atomic E-state index is 0.00185. The van der Waals surface area contributed by atoms with Gasteiger partial charge in [0.1, 0.15) is 22.3 Å². The first-order valence-electron chi connectivity index (χ1n) is 12.9. The number of urea groups is 1. The zero-order valence-electron chi connectivity index (χ0n) is 22.1. The van der Waals surface area contributed by atoms with E-state index in [1.165, 1.54) is 33.6 Å². The molecule has 2 amide bonds. The SMILES string of the molecule is COc1cc(O)c(Cl)c(N2Cc3cnc(NC4CCCCC4N)nc3N(Cc3ccn(C)c(=O)c3)C2=O)c1C. The number of carbonyl (C=O) groups is 1. The molecule has 4 N–H and O–H groups in total. The molecule has 0 saturated heterocycles. The summed E-state index contributed by atoms with van der Waals surface area (Å²) in [7, 11) is 3.14. The summed E-state index contributed by atoms with van der Waals surface area (Å²) >= 11 is 6.53. The van der Waals surface area contributed by atoms with Gasteiger partial charge in [-0.1, -0.05) is 24.4 Å². The zero-order valence-corrected chi connectivity index (χ0v) is 22.9. The Hall–Kier alpha value is -3.83. The first kappa shape index (κ1) is 26.8. The van der Waals surface area contributed by atoms with Crippen LogP contribution in [0.5, 0.6) is 11.5 Å². The third-order valence-electron chi connectivity index (χ3n) is 7.45. The van der Waals surface area contributed by atoms with Crippen molar-refractivity contribution in [3.05, 3.63) is 62.7 Å². The highest BCUT2D eigenvalue weighted by Crippen LogP contribution is 2.44. The predicted molar refractivity (Wildman–Crippen MR) is 150 cm³/mol. The number of rotatable bonds is 6. The molecule has 1 aliphatic heterocycles. The number of anilines is 3. The van der Waals surface area contributed by atoms with Gasteiger partial charge in [0.15, 0.2) is 0 Å². The number of amides is 2. The fourth-order valence-corrected chi connectivity index (χ4v) is 5.51. The molecule has 206 valence electrons. The van der Waals surface area contributed by atoms with Crippen LogP contribution in [-0.2, 0) is 20.1 Å². The Kier molecular flexibility index (Phi) is 7.37. The van der Waals surface area contributed by atoms with Crippen LogP contribution < -0.4 is 31.1 Å². The first-order valence-corrected chi connectivity index (χ1v) is 13.2. The molecule has 2 aliphatic rings. The Labute approximate surface area is 231 Å². The molecular formula is C27H32ClN7O4. The van der Waals surface area contributed by atoms with E-state index in [2.05, 4.69) is 10.3 Å². The molecule has 0 bridgehead atoms. The maximum atomic E-state index is 14.1. The number of pyridine rings is 1. The van der Waals surface area contributed by atoms with E-state index < -0.39 is 6.03 Å². The number of carbonyl (C=O) groups excluding carboxylic acids is 1. The number of hydrogen-bond donors (Lipinski definition) is 3. The quantitative estimate of drug-likeness (QED) is 0.420. The molecule has 1 saturated carbocycles. The second-order valence-electron chi connectivity index (χ2n) is 10.1. The summed E-state index contributed by atoms with van der Waals surface area (Å²) < 4.78 is 6.87. The average molecular weight is 554 g/mol. The molecule has 39 heavy (non-hydrogen) atoms. The lowest BCUT2D eigenvalue weighted by molar-refractivity contribution is 0.249. The number of phenols is 1. The van der Waals surface area contributed by atoms with Crippen molar-refractivity contribution in [1.82, 2.24) is 14.5 Å². The highest BCUT2D eigenvalue weighted by atomic mass is 35.5. The monoisotopic (exact) mass is 553 g/mol. The Morgan fingerprint density at radius 1 is 1.26 bits per heavy atom. The summed E-state index contributed by atoms with van der Waals surface area (Å²) in [5.74, 6) is 1.01. The zero-order chi connectivity index (χ0) is 27.8. The van der Waals surface area contributed by atoms with Gasteiger partial charge in [0.2, 0.25) is 5.95 Å². The van der Waals surface area contributed by atoms with E-state index in [0.29, 0.717) is 39.9 Å². The van der Waals surface area contributed by atoms with E-state index in [1.54, 1.807) is 32.4 Å². The van der Waals surface area contributed by atoms with E-state index in [0.717, 1.165) is 25.7 Å². The number of fused-ring (bicyclic) bond motifs is 1. The third kappa shape index (κ3) is 5.11. The lowest BCUT2D eigenvalue weighted by atomic mass is 9.91. The van der Waals surface area contributed by atoms with Crippen LogP contribution in [0.4, 0.5) is 22.2 Å². The molecule has 2 aromatic heterocycles. The predicted octanol–water partition coefficient (Wildman–Crippen LogP) is 3.68. The van der Waals surface area contributed by atoms with E-state index in [1.807, 2.05) is 0 Å². The Bertz CT molecular complexity index is 1480. The number of hydrogen-bond acceptors (Lipinski definition) is 8. The molecular weight excluding hydrogens is 522 g/mol. The summed E-state index contributed by atoms with van der Waals surface area (Å²) in [5.41, 5.74) is 8.37. The summed E-state index contributed by atoms with van der Waals surface area (Å²) in [6, 6.07) is 4.31. The van der Waals surface area contributed by atoms with Crippen molar-refractivity contribution in [2.45, 2.75) is 57.8 Å². The molecule has 3 heterocycles. The number of ether oxygens (including phenoxy) is 1. The van der Waals surface area contributed by atoms with E-state index in [4.69, 9.17) is 27.1 Å². The van der Waals surface area contributed by atoms with Crippen molar-refractivity contribution >= 4 is 35.1 Å². The molecule has 12 heteroatoms. The van der Waals surface area contributed by atoms with E-state index in [-0.39, 0.29) is 41.5 Å².